The lowest BCUT2D eigenvalue weighted by Gasteiger charge is -2.29. The van der Waals surface area contributed by atoms with Crippen molar-refractivity contribution in [2.45, 2.75) is 45.6 Å². The van der Waals surface area contributed by atoms with Crippen LogP contribution in [0.4, 0.5) is 0 Å². The number of nitrogens with zero attached hydrogens (tertiary/aromatic N) is 2. The largest absolute Gasteiger partial charge is 0.341 e. The summed E-state index contributed by atoms with van der Waals surface area (Å²) in [6, 6.07) is 8.01. The predicted octanol–water partition coefficient (Wildman–Crippen LogP) is 2.47. The molecule has 0 saturated carbocycles. The quantitative estimate of drug-likeness (QED) is 0.758. The SMILES string of the molecule is CCCN(CCC)C(=O)[C@H]1CCC(=O)N1C(=O)c1ccccc1. The van der Waals surface area contributed by atoms with Gasteiger partial charge in [0, 0.05) is 25.1 Å². The van der Waals surface area contributed by atoms with E-state index in [-0.39, 0.29) is 24.1 Å². The second-order valence-electron chi connectivity index (χ2n) is 5.81. The van der Waals surface area contributed by atoms with E-state index in [1.807, 2.05) is 19.9 Å². The van der Waals surface area contributed by atoms with Crippen LogP contribution in [-0.4, -0.2) is 46.7 Å². The van der Waals surface area contributed by atoms with Crippen molar-refractivity contribution in [1.82, 2.24) is 9.80 Å². The van der Waals surface area contributed by atoms with Crippen molar-refractivity contribution in [2.24, 2.45) is 0 Å². The molecule has 5 heteroatoms. The molecule has 1 aliphatic heterocycles. The number of benzene rings is 1. The van der Waals surface area contributed by atoms with Crippen LogP contribution in [0.25, 0.3) is 0 Å². The van der Waals surface area contributed by atoms with E-state index >= 15 is 0 Å². The molecular formula is C18H24N2O3. The van der Waals surface area contributed by atoms with Crippen LogP contribution < -0.4 is 0 Å². The molecular weight excluding hydrogens is 292 g/mol. The van der Waals surface area contributed by atoms with Crippen molar-refractivity contribution in [1.29, 1.82) is 0 Å². The summed E-state index contributed by atoms with van der Waals surface area (Å²) in [5, 5.41) is 0. The molecule has 5 nitrogen and oxygen atoms in total. The van der Waals surface area contributed by atoms with Gasteiger partial charge in [-0.1, -0.05) is 32.0 Å². The number of hydrogen-bond acceptors (Lipinski definition) is 3. The molecule has 1 fully saturated rings. The zero-order valence-electron chi connectivity index (χ0n) is 13.8. The lowest BCUT2D eigenvalue weighted by atomic mass is 10.1. The van der Waals surface area contributed by atoms with E-state index in [0.29, 0.717) is 25.1 Å². The summed E-state index contributed by atoms with van der Waals surface area (Å²) in [7, 11) is 0. The van der Waals surface area contributed by atoms with E-state index in [2.05, 4.69) is 0 Å². The highest BCUT2D eigenvalue weighted by molar-refractivity contribution is 6.09. The Labute approximate surface area is 137 Å². The number of carbonyl (C=O) groups excluding carboxylic acids is 3. The fraction of sp³-hybridized carbons (Fsp3) is 0.500. The average Bonchev–Trinajstić information content (AvgIpc) is 2.95. The summed E-state index contributed by atoms with van der Waals surface area (Å²) in [6.45, 7) is 5.35. The minimum atomic E-state index is -0.659. The molecule has 0 unspecified atom stereocenters. The second kappa shape index (κ2) is 7.90. The molecule has 1 aliphatic rings. The molecule has 0 aliphatic carbocycles. The Kier molecular flexibility index (Phi) is 5.90. The molecule has 1 atom stereocenters. The van der Waals surface area contributed by atoms with Crippen molar-refractivity contribution in [2.75, 3.05) is 13.1 Å². The molecule has 0 bridgehead atoms. The predicted molar refractivity (Wildman–Crippen MR) is 87.8 cm³/mol. The standard InChI is InChI=1S/C18H24N2O3/c1-3-12-19(13-4-2)18(23)15-10-11-16(21)20(15)17(22)14-8-6-5-7-9-14/h5-9,15H,3-4,10-13H2,1-2H3/t15-/m1/s1. The fourth-order valence-corrected chi connectivity index (χ4v) is 2.97. The van der Waals surface area contributed by atoms with Crippen molar-refractivity contribution < 1.29 is 14.4 Å². The molecule has 1 aromatic carbocycles. The van der Waals surface area contributed by atoms with Crippen LogP contribution in [0.1, 0.15) is 49.9 Å². The van der Waals surface area contributed by atoms with Crippen LogP contribution in [0.15, 0.2) is 30.3 Å². The Hall–Kier alpha value is -2.17. The van der Waals surface area contributed by atoms with Crippen LogP contribution in [0, 0.1) is 0 Å². The van der Waals surface area contributed by atoms with Gasteiger partial charge in [-0.3, -0.25) is 19.3 Å². The van der Waals surface area contributed by atoms with Crippen molar-refractivity contribution in [3.05, 3.63) is 35.9 Å². The van der Waals surface area contributed by atoms with Crippen molar-refractivity contribution in [3.8, 4) is 0 Å². The maximum atomic E-state index is 12.8. The Morgan fingerprint density at radius 2 is 1.74 bits per heavy atom. The zero-order chi connectivity index (χ0) is 16.8. The number of carbonyl (C=O) groups is 3. The molecule has 1 aromatic rings. The number of amides is 3. The summed E-state index contributed by atoms with van der Waals surface area (Å²) in [5.41, 5.74) is 0.443. The lowest BCUT2D eigenvalue weighted by Crippen LogP contribution is -2.49. The Morgan fingerprint density at radius 3 is 2.30 bits per heavy atom. The first-order valence-electron chi connectivity index (χ1n) is 8.30. The van der Waals surface area contributed by atoms with E-state index < -0.39 is 6.04 Å². The summed E-state index contributed by atoms with van der Waals surface area (Å²) in [5.74, 6) is -0.742. The Balaban J connectivity index is 2.22. The van der Waals surface area contributed by atoms with Gasteiger partial charge in [0.05, 0.1) is 0 Å². The monoisotopic (exact) mass is 316 g/mol. The van der Waals surface area contributed by atoms with Gasteiger partial charge in [0.1, 0.15) is 6.04 Å². The maximum Gasteiger partial charge on any atom is 0.261 e. The molecule has 0 aromatic heterocycles. The number of rotatable bonds is 6. The van der Waals surface area contributed by atoms with Gasteiger partial charge in [-0.15, -0.1) is 0 Å². The third kappa shape index (κ3) is 3.78. The van der Waals surface area contributed by atoms with Gasteiger partial charge in [-0.05, 0) is 31.4 Å². The van der Waals surface area contributed by atoms with Crippen LogP contribution in [0.2, 0.25) is 0 Å². The van der Waals surface area contributed by atoms with E-state index in [0.717, 1.165) is 17.7 Å². The first kappa shape index (κ1) is 17.2. The molecule has 124 valence electrons. The van der Waals surface area contributed by atoms with Crippen molar-refractivity contribution >= 4 is 17.7 Å². The third-order valence-corrected chi connectivity index (χ3v) is 4.04. The molecule has 23 heavy (non-hydrogen) atoms. The van der Waals surface area contributed by atoms with Gasteiger partial charge in [0.15, 0.2) is 0 Å². The summed E-state index contributed by atoms with van der Waals surface area (Å²) in [6.07, 6.45) is 2.39. The smallest absolute Gasteiger partial charge is 0.261 e. The highest BCUT2D eigenvalue weighted by Crippen LogP contribution is 2.23. The molecule has 0 N–H and O–H groups in total. The minimum Gasteiger partial charge on any atom is -0.341 e. The van der Waals surface area contributed by atoms with Crippen LogP contribution in [0.3, 0.4) is 0 Å². The molecule has 0 radical (unpaired) electrons. The van der Waals surface area contributed by atoms with Gasteiger partial charge in [-0.2, -0.15) is 0 Å². The Morgan fingerprint density at radius 1 is 1.13 bits per heavy atom. The number of likely N-dealkylation sites (tertiary alicyclic amines) is 1. The van der Waals surface area contributed by atoms with Crippen LogP contribution in [-0.2, 0) is 9.59 Å². The second-order valence-corrected chi connectivity index (χ2v) is 5.81. The highest BCUT2D eigenvalue weighted by Gasteiger charge is 2.41. The topological polar surface area (TPSA) is 57.7 Å². The van der Waals surface area contributed by atoms with E-state index in [1.54, 1.807) is 29.2 Å². The molecule has 1 heterocycles. The molecule has 2 rings (SSSR count). The van der Waals surface area contributed by atoms with E-state index in [1.165, 1.54) is 0 Å². The van der Waals surface area contributed by atoms with Gasteiger partial charge in [-0.25, -0.2) is 0 Å². The van der Waals surface area contributed by atoms with Crippen LogP contribution in [0.5, 0.6) is 0 Å². The third-order valence-electron chi connectivity index (χ3n) is 4.04. The normalized spacial score (nSPS) is 17.4. The minimum absolute atomic E-state index is 0.108. The Bertz CT molecular complexity index is 565. The molecule has 1 saturated heterocycles. The number of hydrogen-bond donors (Lipinski definition) is 0. The highest BCUT2D eigenvalue weighted by atomic mass is 16.2. The first-order chi connectivity index (χ1) is 11.1. The van der Waals surface area contributed by atoms with Crippen LogP contribution >= 0.6 is 0 Å². The van der Waals surface area contributed by atoms with Gasteiger partial charge in [0.25, 0.3) is 5.91 Å². The zero-order valence-corrected chi connectivity index (χ0v) is 13.8. The average molecular weight is 316 g/mol. The van der Waals surface area contributed by atoms with Gasteiger partial charge in [0.2, 0.25) is 11.8 Å². The van der Waals surface area contributed by atoms with E-state index in [9.17, 15) is 14.4 Å². The lowest BCUT2D eigenvalue weighted by molar-refractivity contribution is -0.139. The summed E-state index contributed by atoms with van der Waals surface area (Å²) >= 11 is 0. The van der Waals surface area contributed by atoms with Crippen molar-refractivity contribution in [3.63, 3.8) is 0 Å². The maximum absolute atomic E-state index is 12.8. The van der Waals surface area contributed by atoms with Gasteiger partial charge >= 0.3 is 0 Å². The molecule has 3 amide bonds. The fourth-order valence-electron chi connectivity index (χ4n) is 2.97. The first-order valence-corrected chi connectivity index (χ1v) is 8.30. The summed E-state index contributed by atoms with van der Waals surface area (Å²) in [4.78, 5) is 40.6. The summed E-state index contributed by atoms with van der Waals surface area (Å²) < 4.78 is 0. The van der Waals surface area contributed by atoms with E-state index in [4.69, 9.17) is 0 Å². The molecule has 0 spiro atoms. The van der Waals surface area contributed by atoms with Gasteiger partial charge < -0.3 is 4.90 Å². The number of imide groups is 1.